The van der Waals surface area contributed by atoms with E-state index in [1.54, 1.807) is 12.1 Å². The van der Waals surface area contributed by atoms with Crippen LogP contribution in [-0.4, -0.2) is 11.0 Å². The first-order valence-corrected chi connectivity index (χ1v) is 6.77. The van der Waals surface area contributed by atoms with Crippen LogP contribution in [0.25, 0.3) is 0 Å². The number of carbonyl (C=O) groups is 1. The van der Waals surface area contributed by atoms with Crippen LogP contribution >= 0.6 is 34.8 Å². The van der Waals surface area contributed by atoms with Crippen LogP contribution in [0, 0.1) is 6.92 Å². The van der Waals surface area contributed by atoms with E-state index in [0.29, 0.717) is 15.7 Å². The second-order valence-electron chi connectivity index (χ2n) is 4.20. The number of phenolic OH excluding ortho intramolecular Hbond substituents is 1. The number of phenols is 1. The first kappa shape index (κ1) is 15.0. The van der Waals surface area contributed by atoms with Gasteiger partial charge in [0, 0.05) is 5.02 Å². The van der Waals surface area contributed by atoms with Gasteiger partial charge in [0.15, 0.2) is 0 Å². The van der Waals surface area contributed by atoms with Crippen LogP contribution in [0.5, 0.6) is 5.75 Å². The van der Waals surface area contributed by atoms with Crippen LogP contribution in [0.4, 0.5) is 5.69 Å². The van der Waals surface area contributed by atoms with Crippen molar-refractivity contribution in [1.29, 1.82) is 0 Å². The summed E-state index contributed by atoms with van der Waals surface area (Å²) in [7, 11) is 0. The minimum Gasteiger partial charge on any atom is -0.508 e. The number of nitrogens with one attached hydrogen (secondary N) is 1. The number of hydrogen-bond donors (Lipinski definition) is 2. The Morgan fingerprint density at radius 3 is 2.45 bits per heavy atom. The van der Waals surface area contributed by atoms with Gasteiger partial charge in [-0.1, -0.05) is 34.8 Å². The van der Waals surface area contributed by atoms with E-state index in [-0.39, 0.29) is 16.3 Å². The van der Waals surface area contributed by atoms with Crippen molar-refractivity contribution in [3.8, 4) is 5.75 Å². The van der Waals surface area contributed by atoms with Gasteiger partial charge >= 0.3 is 0 Å². The molecule has 0 spiro atoms. The monoisotopic (exact) mass is 329 g/mol. The van der Waals surface area contributed by atoms with Crippen LogP contribution in [0.2, 0.25) is 15.1 Å². The topological polar surface area (TPSA) is 49.3 Å². The summed E-state index contributed by atoms with van der Waals surface area (Å²) in [6, 6.07) is 7.34. The Kier molecular flexibility index (Phi) is 4.43. The van der Waals surface area contributed by atoms with Crippen LogP contribution in [-0.2, 0) is 0 Å². The van der Waals surface area contributed by atoms with Gasteiger partial charge < -0.3 is 10.4 Å². The Morgan fingerprint density at radius 2 is 1.75 bits per heavy atom. The summed E-state index contributed by atoms with van der Waals surface area (Å²) in [5, 5.41) is 13.1. The van der Waals surface area contributed by atoms with Gasteiger partial charge in [0.2, 0.25) is 0 Å². The first-order chi connectivity index (χ1) is 9.38. The molecule has 104 valence electrons. The molecular weight excluding hydrogens is 321 g/mol. The van der Waals surface area contributed by atoms with Crippen molar-refractivity contribution >= 4 is 46.4 Å². The highest BCUT2D eigenvalue weighted by atomic mass is 35.5. The number of carbonyl (C=O) groups excluding carboxylic acids is 1. The molecule has 20 heavy (non-hydrogen) atoms. The summed E-state index contributed by atoms with van der Waals surface area (Å²) >= 11 is 18.0. The molecule has 0 bridgehead atoms. The lowest BCUT2D eigenvalue weighted by Gasteiger charge is -2.10. The summed E-state index contributed by atoms with van der Waals surface area (Å²) in [5.74, 6) is -0.527. The molecule has 0 atom stereocenters. The lowest BCUT2D eigenvalue weighted by atomic mass is 10.1. The third-order valence-electron chi connectivity index (χ3n) is 2.69. The molecule has 0 radical (unpaired) electrons. The van der Waals surface area contributed by atoms with Crippen LogP contribution in [0.15, 0.2) is 30.3 Å². The SMILES string of the molecule is Cc1cc(Cl)c(NC(=O)c2cc(O)ccc2Cl)cc1Cl. The summed E-state index contributed by atoms with van der Waals surface area (Å²) < 4.78 is 0. The van der Waals surface area contributed by atoms with Crippen molar-refractivity contribution in [2.45, 2.75) is 6.92 Å². The fourth-order valence-corrected chi connectivity index (χ4v) is 2.25. The second kappa shape index (κ2) is 5.92. The number of aromatic hydroxyl groups is 1. The number of anilines is 1. The van der Waals surface area contributed by atoms with Crippen LogP contribution in [0.3, 0.4) is 0 Å². The third kappa shape index (κ3) is 3.18. The average Bonchev–Trinajstić information content (AvgIpc) is 2.38. The molecule has 2 rings (SSSR count). The first-order valence-electron chi connectivity index (χ1n) is 5.64. The molecular formula is C14H10Cl3NO2. The van der Waals surface area contributed by atoms with Crippen molar-refractivity contribution < 1.29 is 9.90 Å². The molecule has 6 heteroatoms. The van der Waals surface area contributed by atoms with Gasteiger partial charge in [-0.15, -0.1) is 0 Å². The van der Waals surface area contributed by atoms with E-state index in [4.69, 9.17) is 34.8 Å². The minimum absolute atomic E-state index is 0.0485. The number of amides is 1. The molecule has 0 saturated carbocycles. The Hall–Kier alpha value is -1.42. The summed E-state index contributed by atoms with van der Waals surface area (Å²) in [5.41, 5.74) is 1.34. The largest absolute Gasteiger partial charge is 0.508 e. The van der Waals surface area contributed by atoms with E-state index in [0.717, 1.165) is 5.56 Å². The van der Waals surface area contributed by atoms with Gasteiger partial charge in [0.1, 0.15) is 5.75 Å². The maximum atomic E-state index is 12.1. The summed E-state index contributed by atoms with van der Waals surface area (Å²) in [6.07, 6.45) is 0. The number of halogens is 3. The fraction of sp³-hybridized carbons (Fsp3) is 0.0714. The highest BCUT2D eigenvalue weighted by molar-refractivity contribution is 6.37. The molecule has 2 aromatic carbocycles. The molecule has 0 heterocycles. The van der Waals surface area contributed by atoms with E-state index in [2.05, 4.69) is 5.32 Å². The van der Waals surface area contributed by atoms with E-state index in [1.807, 2.05) is 6.92 Å². The van der Waals surface area contributed by atoms with E-state index in [1.165, 1.54) is 18.2 Å². The maximum Gasteiger partial charge on any atom is 0.257 e. The minimum atomic E-state index is -0.479. The molecule has 0 unspecified atom stereocenters. The second-order valence-corrected chi connectivity index (χ2v) is 5.42. The quantitative estimate of drug-likeness (QED) is 0.821. The van der Waals surface area contributed by atoms with E-state index in [9.17, 15) is 9.90 Å². The molecule has 2 aromatic rings. The van der Waals surface area contributed by atoms with Crippen LogP contribution < -0.4 is 5.32 Å². The van der Waals surface area contributed by atoms with E-state index >= 15 is 0 Å². The number of aryl methyl sites for hydroxylation is 1. The van der Waals surface area contributed by atoms with E-state index < -0.39 is 5.91 Å². The standard InChI is InChI=1S/C14H10Cl3NO2/c1-7-4-12(17)13(6-11(7)16)18-14(20)9-5-8(19)2-3-10(9)15/h2-6,19H,1H3,(H,18,20). The van der Waals surface area contributed by atoms with Crippen molar-refractivity contribution in [3.05, 3.63) is 56.5 Å². The highest BCUT2D eigenvalue weighted by Gasteiger charge is 2.14. The Bertz CT molecular complexity index is 686. The molecule has 0 fully saturated rings. The zero-order chi connectivity index (χ0) is 14.9. The Morgan fingerprint density at radius 1 is 1.05 bits per heavy atom. The fourth-order valence-electron chi connectivity index (χ4n) is 1.62. The third-order valence-corrected chi connectivity index (χ3v) is 3.74. The van der Waals surface area contributed by atoms with Crippen molar-refractivity contribution in [2.24, 2.45) is 0 Å². The van der Waals surface area contributed by atoms with Crippen LogP contribution in [0.1, 0.15) is 15.9 Å². The molecule has 3 nitrogen and oxygen atoms in total. The maximum absolute atomic E-state index is 12.1. The zero-order valence-electron chi connectivity index (χ0n) is 10.4. The lowest BCUT2D eigenvalue weighted by Crippen LogP contribution is -2.12. The van der Waals surface area contributed by atoms with Gasteiger partial charge in [-0.3, -0.25) is 4.79 Å². The normalized spacial score (nSPS) is 10.4. The van der Waals surface area contributed by atoms with Gasteiger partial charge in [-0.05, 0) is 42.8 Å². The summed E-state index contributed by atoms with van der Waals surface area (Å²) in [6.45, 7) is 1.81. The van der Waals surface area contributed by atoms with Crippen molar-refractivity contribution in [3.63, 3.8) is 0 Å². The van der Waals surface area contributed by atoms with Gasteiger partial charge in [0.05, 0.1) is 21.3 Å². The molecule has 0 aliphatic rings. The Balaban J connectivity index is 2.32. The molecule has 2 N–H and O–H groups in total. The number of benzene rings is 2. The van der Waals surface area contributed by atoms with Crippen molar-refractivity contribution in [2.75, 3.05) is 5.32 Å². The Labute approximate surface area is 131 Å². The number of hydrogen-bond acceptors (Lipinski definition) is 2. The lowest BCUT2D eigenvalue weighted by molar-refractivity contribution is 0.102. The van der Waals surface area contributed by atoms with Gasteiger partial charge in [0.25, 0.3) is 5.91 Å². The smallest absolute Gasteiger partial charge is 0.257 e. The average molecular weight is 331 g/mol. The molecule has 0 aromatic heterocycles. The predicted molar refractivity (Wildman–Crippen MR) is 82.3 cm³/mol. The van der Waals surface area contributed by atoms with Gasteiger partial charge in [-0.2, -0.15) is 0 Å². The zero-order valence-corrected chi connectivity index (χ0v) is 12.6. The summed E-state index contributed by atoms with van der Waals surface area (Å²) in [4.78, 5) is 12.1. The number of rotatable bonds is 2. The molecule has 1 amide bonds. The molecule has 0 saturated heterocycles. The molecule has 0 aliphatic heterocycles. The molecule has 0 aliphatic carbocycles. The highest BCUT2D eigenvalue weighted by Crippen LogP contribution is 2.30. The van der Waals surface area contributed by atoms with Gasteiger partial charge in [-0.25, -0.2) is 0 Å². The van der Waals surface area contributed by atoms with Crippen molar-refractivity contribution in [1.82, 2.24) is 0 Å². The predicted octanol–water partition coefficient (Wildman–Crippen LogP) is 4.91.